The number of hydrogen-bond acceptors (Lipinski definition) is 4. The Kier molecular flexibility index (Phi) is 4.53. The highest BCUT2D eigenvalue weighted by molar-refractivity contribution is 7.91. The Labute approximate surface area is 176 Å². The van der Waals surface area contributed by atoms with Gasteiger partial charge in [-0.05, 0) is 47.7 Å². The van der Waals surface area contributed by atoms with Gasteiger partial charge in [-0.25, -0.2) is 8.42 Å². The van der Waals surface area contributed by atoms with Gasteiger partial charge in [0.05, 0.1) is 28.1 Å². The first kappa shape index (κ1) is 20.3. The number of aliphatic hydroxyl groups is 1. The van der Waals surface area contributed by atoms with Gasteiger partial charge < -0.3 is 5.11 Å². The third kappa shape index (κ3) is 3.36. The van der Waals surface area contributed by atoms with Gasteiger partial charge in [0.2, 0.25) is 0 Å². The van der Waals surface area contributed by atoms with Gasteiger partial charge in [0.25, 0.3) is 0 Å². The quantitative estimate of drug-likeness (QED) is 0.630. The largest absolute Gasteiger partial charge is 0.416 e. The smallest absolute Gasteiger partial charge is 0.386 e. The van der Waals surface area contributed by atoms with Gasteiger partial charge in [0.15, 0.2) is 9.84 Å². The van der Waals surface area contributed by atoms with E-state index in [-0.39, 0.29) is 28.4 Å². The van der Waals surface area contributed by atoms with Crippen molar-refractivity contribution in [2.45, 2.75) is 35.4 Å². The number of aromatic amines is 1. The maximum atomic E-state index is 13.2. The summed E-state index contributed by atoms with van der Waals surface area (Å²) < 4.78 is 64.9. The summed E-state index contributed by atoms with van der Waals surface area (Å²) in [4.78, 5) is -0.140. The molecule has 4 atom stereocenters. The van der Waals surface area contributed by atoms with Crippen LogP contribution in [0.2, 0.25) is 0 Å². The minimum atomic E-state index is -4.53. The van der Waals surface area contributed by atoms with Gasteiger partial charge in [-0.15, -0.1) is 0 Å². The third-order valence-electron chi connectivity index (χ3n) is 6.41. The average Bonchev–Trinajstić information content (AvgIpc) is 3.12. The van der Waals surface area contributed by atoms with Crippen molar-refractivity contribution in [1.29, 1.82) is 0 Å². The summed E-state index contributed by atoms with van der Waals surface area (Å²) in [5.74, 6) is -1.21. The van der Waals surface area contributed by atoms with Crippen LogP contribution >= 0.6 is 0 Å². The zero-order valence-electron chi connectivity index (χ0n) is 16.2. The molecular formula is C22H19F3N2O3S. The zero-order chi connectivity index (χ0) is 22.0. The predicted octanol–water partition coefficient (Wildman–Crippen LogP) is 4.18. The number of hydrogen-bond donors (Lipinski definition) is 2. The summed E-state index contributed by atoms with van der Waals surface area (Å²) in [6.45, 7) is 0. The van der Waals surface area contributed by atoms with E-state index in [1.807, 2.05) is 24.3 Å². The molecule has 1 aromatic heterocycles. The molecule has 0 fully saturated rings. The Morgan fingerprint density at radius 2 is 1.81 bits per heavy atom. The van der Waals surface area contributed by atoms with E-state index in [0.29, 0.717) is 12.1 Å². The number of nitrogens with zero attached hydrogens (tertiary/aromatic N) is 1. The summed E-state index contributed by atoms with van der Waals surface area (Å²) in [5, 5.41) is 17.9. The lowest BCUT2D eigenvalue weighted by atomic mass is 9.82. The van der Waals surface area contributed by atoms with Gasteiger partial charge in [-0.3, -0.25) is 5.10 Å². The van der Waals surface area contributed by atoms with Crippen molar-refractivity contribution in [1.82, 2.24) is 10.2 Å². The summed E-state index contributed by atoms with van der Waals surface area (Å²) in [6, 6.07) is 11.4. The number of H-pyrrole nitrogens is 1. The Morgan fingerprint density at radius 3 is 2.52 bits per heavy atom. The Balaban J connectivity index is 1.54. The van der Waals surface area contributed by atoms with Crippen LogP contribution in [-0.4, -0.2) is 29.5 Å². The van der Waals surface area contributed by atoms with Crippen molar-refractivity contribution in [3.05, 3.63) is 82.7 Å². The van der Waals surface area contributed by atoms with E-state index in [0.717, 1.165) is 41.0 Å². The summed E-state index contributed by atoms with van der Waals surface area (Å²) in [6.07, 6.45) is -3.31. The molecule has 2 aliphatic carbocycles. The van der Waals surface area contributed by atoms with Crippen LogP contribution in [0.15, 0.2) is 59.6 Å². The second-order valence-corrected chi connectivity index (χ2v) is 10.3. The summed E-state index contributed by atoms with van der Waals surface area (Å²) in [7, 11) is -3.86. The molecule has 2 aliphatic rings. The van der Waals surface area contributed by atoms with Crippen molar-refractivity contribution in [3.8, 4) is 0 Å². The second-order valence-electron chi connectivity index (χ2n) is 8.24. The average molecular weight is 448 g/mol. The summed E-state index contributed by atoms with van der Waals surface area (Å²) >= 11 is 0. The first-order chi connectivity index (χ1) is 14.6. The molecule has 162 valence electrons. The fourth-order valence-electron chi connectivity index (χ4n) is 4.98. The SMILES string of the molecule is O=S(=O)(CC1CC2c3cccc(c3)C1c1cn[nH]c1C2O)c1ccc(C(F)(F)F)cc1. The van der Waals surface area contributed by atoms with E-state index in [1.165, 1.54) is 0 Å². The molecule has 0 spiro atoms. The number of sulfone groups is 1. The van der Waals surface area contributed by atoms with Crippen LogP contribution in [0.3, 0.4) is 0 Å². The van der Waals surface area contributed by atoms with Crippen LogP contribution in [-0.2, 0) is 16.0 Å². The number of fused-ring (bicyclic) bond motifs is 9. The lowest BCUT2D eigenvalue weighted by molar-refractivity contribution is -0.137. The first-order valence-electron chi connectivity index (χ1n) is 9.86. The summed E-state index contributed by atoms with van der Waals surface area (Å²) in [5.41, 5.74) is 2.35. The molecule has 0 amide bonds. The molecular weight excluding hydrogens is 429 g/mol. The van der Waals surface area contributed by atoms with Crippen molar-refractivity contribution >= 4 is 9.84 Å². The molecule has 0 saturated heterocycles. The van der Waals surface area contributed by atoms with Crippen molar-refractivity contribution in [3.63, 3.8) is 0 Å². The minimum Gasteiger partial charge on any atom is -0.386 e. The van der Waals surface area contributed by atoms with E-state index >= 15 is 0 Å². The molecule has 3 aromatic rings. The monoisotopic (exact) mass is 448 g/mol. The Bertz CT molecular complexity index is 1240. The molecule has 4 bridgehead atoms. The fourth-order valence-corrected chi connectivity index (χ4v) is 6.62. The second kappa shape index (κ2) is 6.93. The molecule has 0 aliphatic heterocycles. The van der Waals surface area contributed by atoms with Crippen LogP contribution in [0.4, 0.5) is 13.2 Å². The molecule has 0 saturated carbocycles. The van der Waals surface area contributed by atoms with Gasteiger partial charge in [0.1, 0.15) is 6.10 Å². The first-order valence-corrected chi connectivity index (χ1v) is 11.5. The fraction of sp³-hybridized carbons (Fsp3) is 0.318. The van der Waals surface area contributed by atoms with E-state index in [2.05, 4.69) is 10.2 Å². The maximum Gasteiger partial charge on any atom is 0.416 e. The maximum absolute atomic E-state index is 13.2. The number of benzene rings is 2. The van der Waals surface area contributed by atoms with Crippen LogP contribution in [0.1, 0.15) is 52.3 Å². The van der Waals surface area contributed by atoms with Crippen LogP contribution in [0.25, 0.3) is 0 Å². The molecule has 5 rings (SSSR count). The Morgan fingerprint density at radius 1 is 1.10 bits per heavy atom. The predicted molar refractivity (Wildman–Crippen MR) is 106 cm³/mol. The van der Waals surface area contributed by atoms with Crippen LogP contribution in [0, 0.1) is 5.92 Å². The molecule has 1 heterocycles. The van der Waals surface area contributed by atoms with Crippen LogP contribution < -0.4 is 0 Å². The molecule has 31 heavy (non-hydrogen) atoms. The zero-order valence-corrected chi connectivity index (χ0v) is 17.0. The number of halogens is 3. The van der Waals surface area contributed by atoms with E-state index in [9.17, 15) is 26.7 Å². The number of alkyl halides is 3. The molecule has 2 aromatic carbocycles. The third-order valence-corrected chi connectivity index (χ3v) is 8.27. The molecule has 2 N–H and O–H groups in total. The Hall–Kier alpha value is -2.65. The van der Waals surface area contributed by atoms with Crippen molar-refractivity contribution in [2.24, 2.45) is 5.92 Å². The molecule has 4 unspecified atom stereocenters. The molecule has 5 nitrogen and oxygen atoms in total. The number of rotatable bonds is 3. The van der Waals surface area contributed by atoms with Gasteiger partial charge in [-0.1, -0.05) is 24.3 Å². The number of aliphatic hydroxyl groups excluding tert-OH is 1. The van der Waals surface area contributed by atoms with Crippen molar-refractivity contribution < 1.29 is 26.7 Å². The molecule has 9 heteroatoms. The van der Waals surface area contributed by atoms with E-state index < -0.39 is 27.7 Å². The van der Waals surface area contributed by atoms with Gasteiger partial charge in [0, 0.05) is 17.4 Å². The van der Waals surface area contributed by atoms with Gasteiger partial charge >= 0.3 is 6.18 Å². The number of nitrogens with one attached hydrogen (secondary N) is 1. The van der Waals surface area contributed by atoms with Crippen LogP contribution in [0.5, 0.6) is 0 Å². The van der Waals surface area contributed by atoms with Crippen molar-refractivity contribution in [2.75, 3.05) is 5.75 Å². The van der Waals surface area contributed by atoms with E-state index in [4.69, 9.17) is 0 Å². The highest BCUT2D eigenvalue weighted by atomic mass is 32.2. The highest BCUT2D eigenvalue weighted by Crippen LogP contribution is 2.51. The number of aromatic nitrogens is 2. The topological polar surface area (TPSA) is 83.0 Å². The van der Waals surface area contributed by atoms with Gasteiger partial charge in [-0.2, -0.15) is 18.3 Å². The normalized spacial score (nSPS) is 25.0. The minimum absolute atomic E-state index is 0.140. The highest BCUT2D eigenvalue weighted by Gasteiger charge is 2.43. The standard InChI is InChI=1S/C22H19F3N2O3S/c23-22(24,25)15-4-6-16(7-5-15)31(29,30)11-14-9-17-12-2-1-3-13(8-12)19(14)18-10-26-27-20(18)21(17)28/h1-8,10,14,17,19,21,28H,9,11H2,(H,26,27). The van der Waals surface area contributed by atoms with E-state index in [1.54, 1.807) is 6.20 Å². The molecule has 0 radical (unpaired) electrons. The lowest BCUT2D eigenvalue weighted by Crippen LogP contribution is -2.23. The lowest BCUT2D eigenvalue weighted by Gasteiger charge is -2.25.